The summed E-state index contributed by atoms with van der Waals surface area (Å²) in [5.74, 6) is -0.164. The molecule has 8 heteroatoms. The van der Waals surface area contributed by atoms with Crippen LogP contribution in [-0.4, -0.2) is 27.1 Å². The lowest BCUT2D eigenvalue weighted by Crippen LogP contribution is -2.35. The lowest BCUT2D eigenvalue weighted by atomic mass is 9.99. The van der Waals surface area contributed by atoms with Crippen LogP contribution in [0.1, 0.15) is 27.9 Å². The SMILES string of the molecule is Cc1ccc(C(=O)N2CCCc3c(N)cccc32)cc1NS(C)(=O)=O.Cl. The van der Waals surface area contributed by atoms with Crippen molar-refractivity contribution in [1.29, 1.82) is 0 Å². The zero-order chi connectivity index (χ0) is 18.2. The fourth-order valence-electron chi connectivity index (χ4n) is 3.08. The number of hydrogen-bond donors (Lipinski definition) is 2. The smallest absolute Gasteiger partial charge is 0.258 e. The quantitative estimate of drug-likeness (QED) is 0.781. The first-order valence-corrected chi connectivity index (χ1v) is 9.93. The first-order chi connectivity index (χ1) is 11.8. The van der Waals surface area contributed by atoms with E-state index in [4.69, 9.17) is 5.73 Å². The molecular weight excluding hydrogens is 374 g/mol. The number of benzene rings is 2. The number of rotatable bonds is 3. The number of hydrogen-bond acceptors (Lipinski definition) is 4. The number of fused-ring (bicyclic) bond motifs is 1. The fourth-order valence-corrected chi connectivity index (χ4v) is 3.70. The molecule has 0 spiro atoms. The molecule has 3 rings (SSSR count). The Labute approximate surface area is 159 Å². The zero-order valence-electron chi connectivity index (χ0n) is 14.7. The van der Waals surface area contributed by atoms with E-state index in [2.05, 4.69) is 4.72 Å². The third-order valence-electron chi connectivity index (χ3n) is 4.31. The Morgan fingerprint density at radius 2 is 1.96 bits per heavy atom. The van der Waals surface area contributed by atoms with Crippen molar-refractivity contribution in [2.75, 3.05) is 28.2 Å². The summed E-state index contributed by atoms with van der Waals surface area (Å²) >= 11 is 0. The molecule has 0 unspecified atom stereocenters. The van der Waals surface area contributed by atoms with Crippen LogP contribution < -0.4 is 15.4 Å². The number of sulfonamides is 1. The van der Waals surface area contributed by atoms with Gasteiger partial charge in [0.05, 0.1) is 11.9 Å². The maximum absolute atomic E-state index is 13.0. The molecule has 0 saturated carbocycles. The first-order valence-electron chi connectivity index (χ1n) is 8.04. The normalized spacial score (nSPS) is 13.5. The second kappa shape index (κ2) is 7.55. The third-order valence-corrected chi connectivity index (χ3v) is 4.90. The van der Waals surface area contributed by atoms with Gasteiger partial charge in [-0.1, -0.05) is 12.1 Å². The van der Waals surface area contributed by atoms with Gasteiger partial charge in [0.1, 0.15) is 0 Å². The van der Waals surface area contributed by atoms with Crippen LogP contribution in [0.4, 0.5) is 17.1 Å². The van der Waals surface area contributed by atoms with E-state index in [1.165, 1.54) is 0 Å². The number of nitrogens with two attached hydrogens (primary N) is 1. The zero-order valence-corrected chi connectivity index (χ0v) is 16.3. The van der Waals surface area contributed by atoms with E-state index in [9.17, 15) is 13.2 Å². The molecule has 26 heavy (non-hydrogen) atoms. The fraction of sp³-hybridized carbons (Fsp3) is 0.278. The van der Waals surface area contributed by atoms with Gasteiger partial charge in [-0.25, -0.2) is 8.42 Å². The predicted octanol–water partition coefficient (Wildman–Crippen LogP) is 2.96. The van der Waals surface area contributed by atoms with E-state index in [0.29, 0.717) is 23.5 Å². The highest BCUT2D eigenvalue weighted by molar-refractivity contribution is 7.92. The number of aryl methyl sites for hydroxylation is 1. The summed E-state index contributed by atoms with van der Waals surface area (Å²) in [6, 6.07) is 10.6. The first kappa shape index (κ1) is 20.1. The van der Waals surface area contributed by atoms with Gasteiger partial charge in [0.15, 0.2) is 0 Å². The minimum absolute atomic E-state index is 0. The average Bonchev–Trinajstić information content (AvgIpc) is 2.55. The summed E-state index contributed by atoms with van der Waals surface area (Å²) in [4.78, 5) is 14.7. The highest BCUT2D eigenvalue weighted by atomic mass is 35.5. The molecule has 2 aromatic rings. The summed E-state index contributed by atoms with van der Waals surface area (Å²) < 4.78 is 25.5. The number of halogens is 1. The molecule has 3 N–H and O–H groups in total. The standard InChI is InChI=1S/C18H21N3O3S.ClH/c1-12-8-9-13(11-16(12)20-25(2,23)24)18(22)21-10-4-5-14-15(19)6-3-7-17(14)21;/h3,6-9,11,20H,4-5,10,19H2,1-2H3;1H. The summed E-state index contributed by atoms with van der Waals surface area (Å²) in [5.41, 5.74) is 10.2. The monoisotopic (exact) mass is 395 g/mol. The van der Waals surface area contributed by atoms with Crippen LogP contribution in [0.15, 0.2) is 36.4 Å². The number of anilines is 3. The molecule has 6 nitrogen and oxygen atoms in total. The third kappa shape index (κ3) is 4.11. The van der Waals surface area contributed by atoms with E-state index in [-0.39, 0.29) is 18.3 Å². The van der Waals surface area contributed by atoms with Crippen LogP contribution >= 0.6 is 12.4 Å². The van der Waals surface area contributed by atoms with Crippen LogP contribution in [0, 0.1) is 6.92 Å². The lowest BCUT2D eigenvalue weighted by Gasteiger charge is -2.30. The molecule has 140 valence electrons. The Kier molecular flexibility index (Phi) is 5.83. The van der Waals surface area contributed by atoms with Crippen molar-refractivity contribution in [3.05, 3.63) is 53.1 Å². The van der Waals surface area contributed by atoms with Crippen molar-refractivity contribution in [1.82, 2.24) is 0 Å². The van der Waals surface area contributed by atoms with Gasteiger partial charge >= 0.3 is 0 Å². The molecule has 1 aliphatic heterocycles. The Balaban J connectivity index is 0.00000243. The van der Waals surface area contributed by atoms with Crippen molar-refractivity contribution in [3.63, 3.8) is 0 Å². The van der Waals surface area contributed by atoms with Crippen molar-refractivity contribution in [2.45, 2.75) is 19.8 Å². The Hall–Kier alpha value is -2.25. The van der Waals surface area contributed by atoms with Gasteiger partial charge in [-0.2, -0.15) is 0 Å². The van der Waals surface area contributed by atoms with E-state index in [0.717, 1.165) is 35.9 Å². The number of amides is 1. The number of carbonyl (C=O) groups excluding carboxylic acids is 1. The van der Waals surface area contributed by atoms with Gasteiger partial charge in [0.2, 0.25) is 10.0 Å². The molecule has 2 aromatic carbocycles. The minimum atomic E-state index is -3.41. The molecule has 0 saturated heterocycles. The molecule has 0 bridgehead atoms. The number of carbonyl (C=O) groups is 1. The highest BCUT2D eigenvalue weighted by Gasteiger charge is 2.25. The summed E-state index contributed by atoms with van der Waals surface area (Å²) in [6.07, 6.45) is 2.78. The van der Waals surface area contributed by atoms with Gasteiger partial charge in [-0.3, -0.25) is 9.52 Å². The van der Waals surface area contributed by atoms with Crippen molar-refractivity contribution >= 4 is 45.4 Å². The van der Waals surface area contributed by atoms with Gasteiger partial charge in [0, 0.05) is 23.5 Å². The van der Waals surface area contributed by atoms with Gasteiger partial charge in [-0.15, -0.1) is 12.4 Å². The summed E-state index contributed by atoms with van der Waals surface area (Å²) in [5, 5.41) is 0. The molecule has 0 atom stereocenters. The largest absolute Gasteiger partial charge is 0.398 e. The molecule has 0 fully saturated rings. The molecule has 1 amide bonds. The molecule has 1 heterocycles. The minimum Gasteiger partial charge on any atom is -0.398 e. The van der Waals surface area contributed by atoms with E-state index in [1.807, 2.05) is 18.2 Å². The Morgan fingerprint density at radius 1 is 1.23 bits per heavy atom. The number of nitrogen functional groups attached to an aromatic ring is 1. The Bertz CT molecular complexity index is 945. The summed E-state index contributed by atoms with van der Waals surface area (Å²) in [6.45, 7) is 2.40. The van der Waals surface area contributed by atoms with Crippen LogP contribution in [-0.2, 0) is 16.4 Å². The molecule has 1 aliphatic rings. The highest BCUT2D eigenvalue weighted by Crippen LogP contribution is 2.32. The average molecular weight is 396 g/mol. The Morgan fingerprint density at radius 3 is 2.65 bits per heavy atom. The molecule has 0 aromatic heterocycles. The van der Waals surface area contributed by atoms with Crippen LogP contribution in [0.3, 0.4) is 0 Å². The maximum atomic E-state index is 13.0. The number of nitrogens with zero attached hydrogens (tertiary/aromatic N) is 1. The van der Waals surface area contributed by atoms with Crippen LogP contribution in [0.25, 0.3) is 0 Å². The topological polar surface area (TPSA) is 92.5 Å². The molecule has 0 radical (unpaired) electrons. The second-order valence-corrected chi connectivity index (χ2v) is 8.06. The predicted molar refractivity (Wildman–Crippen MR) is 108 cm³/mol. The second-order valence-electron chi connectivity index (χ2n) is 6.31. The van der Waals surface area contributed by atoms with Crippen LogP contribution in [0.5, 0.6) is 0 Å². The lowest BCUT2D eigenvalue weighted by molar-refractivity contribution is 0.0985. The van der Waals surface area contributed by atoms with Gasteiger partial charge in [-0.05, 0) is 55.2 Å². The van der Waals surface area contributed by atoms with Crippen molar-refractivity contribution in [3.8, 4) is 0 Å². The van der Waals surface area contributed by atoms with Gasteiger partial charge in [0.25, 0.3) is 5.91 Å². The molecule has 0 aliphatic carbocycles. The summed E-state index contributed by atoms with van der Waals surface area (Å²) in [7, 11) is -3.41. The maximum Gasteiger partial charge on any atom is 0.258 e. The van der Waals surface area contributed by atoms with E-state index < -0.39 is 10.0 Å². The van der Waals surface area contributed by atoms with Gasteiger partial charge < -0.3 is 10.6 Å². The van der Waals surface area contributed by atoms with E-state index >= 15 is 0 Å². The van der Waals surface area contributed by atoms with Crippen molar-refractivity contribution < 1.29 is 13.2 Å². The van der Waals surface area contributed by atoms with E-state index in [1.54, 1.807) is 30.0 Å². The number of nitrogens with one attached hydrogen (secondary N) is 1. The van der Waals surface area contributed by atoms with Crippen LogP contribution in [0.2, 0.25) is 0 Å². The molecular formula is C18H22ClN3O3S. The van der Waals surface area contributed by atoms with Crippen molar-refractivity contribution in [2.24, 2.45) is 0 Å².